The van der Waals surface area contributed by atoms with Crippen molar-refractivity contribution in [3.63, 3.8) is 0 Å². The summed E-state index contributed by atoms with van der Waals surface area (Å²) in [4.78, 5) is 11.3. The number of rotatable bonds is 7. The predicted molar refractivity (Wildman–Crippen MR) is 65.5 cm³/mol. The molecule has 0 aliphatic carbocycles. The van der Waals surface area contributed by atoms with E-state index < -0.39 is 0 Å². The quantitative estimate of drug-likeness (QED) is 0.706. The maximum atomic E-state index is 11.3. The summed E-state index contributed by atoms with van der Waals surface area (Å²) in [6.45, 7) is 4.32. The Balaban J connectivity index is 2.41. The molecule has 16 heavy (non-hydrogen) atoms. The summed E-state index contributed by atoms with van der Waals surface area (Å²) in [5, 5.41) is 0. The fourth-order valence-electron chi connectivity index (χ4n) is 1.61. The van der Waals surface area contributed by atoms with Crippen LogP contribution in [-0.2, 0) is 16.0 Å². The third-order valence-corrected chi connectivity index (χ3v) is 2.51. The van der Waals surface area contributed by atoms with Gasteiger partial charge in [-0.05, 0) is 31.7 Å². The molecule has 0 bridgehead atoms. The van der Waals surface area contributed by atoms with E-state index in [9.17, 15) is 4.79 Å². The predicted octanol–water partition coefficient (Wildman–Crippen LogP) is 3.00. The first-order chi connectivity index (χ1) is 7.74. The zero-order chi connectivity index (χ0) is 11.8. The molecule has 0 saturated carbocycles. The van der Waals surface area contributed by atoms with Gasteiger partial charge >= 0.3 is 0 Å². The van der Waals surface area contributed by atoms with Gasteiger partial charge in [-0.15, -0.1) is 0 Å². The van der Waals surface area contributed by atoms with Crippen molar-refractivity contribution in [3.05, 3.63) is 35.9 Å². The number of benzene rings is 1. The van der Waals surface area contributed by atoms with Gasteiger partial charge in [0.05, 0.1) is 0 Å². The third-order valence-electron chi connectivity index (χ3n) is 2.51. The van der Waals surface area contributed by atoms with Crippen LogP contribution in [0.15, 0.2) is 30.3 Å². The molecule has 0 spiro atoms. The number of carbonyl (C=O) groups excluding carboxylic acids is 1. The maximum Gasteiger partial charge on any atom is 0.158 e. The summed E-state index contributed by atoms with van der Waals surface area (Å²) >= 11 is 0. The van der Waals surface area contributed by atoms with Crippen molar-refractivity contribution in [1.82, 2.24) is 0 Å². The zero-order valence-electron chi connectivity index (χ0n) is 10.1. The summed E-state index contributed by atoms with van der Waals surface area (Å²) in [6, 6.07) is 10.2. The number of ketones is 1. The van der Waals surface area contributed by atoms with Crippen LogP contribution in [0, 0.1) is 0 Å². The van der Waals surface area contributed by atoms with Gasteiger partial charge in [-0.2, -0.15) is 0 Å². The first-order valence-corrected chi connectivity index (χ1v) is 5.90. The molecule has 1 aromatic carbocycles. The molecule has 0 N–H and O–H groups in total. The monoisotopic (exact) mass is 220 g/mol. The van der Waals surface area contributed by atoms with Crippen molar-refractivity contribution in [1.29, 1.82) is 0 Å². The molecule has 0 saturated heterocycles. The van der Waals surface area contributed by atoms with Crippen LogP contribution >= 0.6 is 0 Å². The van der Waals surface area contributed by atoms with Crippen LogP contribution in [0.4, 0.5) is 0 Å². The number of hydrogen-bond acceptors (Lipinski definition) is 2. The zero-order valence-corrected chi connectivity index (χ0v) is 10.1. The minimum absolute atomic E-state index is 0.129. The van der Waals surface area contributed by atoms with Gasteiger partial charge in [0.25, 0.3) is 0 Å². The van der Waals surface area contributed by atoms with E-state index >= 15 is 0 Å². The van der Waals surface area contributed by atoms with Crippen LogP contribution in [0.1, 0.15) is 32.3 Å². The summed E-state index contributed by atoms with van der Waals surface area (Å²) < 4.78 is 5.52. The van der Waals surface area contributed by atoms with Gasteiger partial charge in [-0.3, -0.25) is 4.79 Å². The van der Waals surface area contributed by atoms with Crippen LogP contribution in [-0.4, -0.2) is 18.5 Å². The number of Topliss-reactive ketones (excluding diaryl/α,β-unsaturated/α-hetero) is 1. The maximum absolute atomic E-state index is 11.3. The largest absolute Gasteiger partial charge is 0.370 e. The van der Waals surface area contributed by atoms with E-state index in [4.69, 9.17) is 4.74 Å². The van der Waals surface area contributed by atoms with E-state index in [0.29, 0.717) is 6.61 Å². The molecule has 2 heteroatoms. The molecule has 0 radical (unpaired) electrons. The Morgan fingerprint density at radius 3 is 2.56 bits per heavy atom. The van der Waals surface area contributed by atoms with Crippen LogP contribution in [0.5, 0.6) is 0 Å². The van der Waals surface area contributed by atoms with Gasteiger partial charge in [0.15, 0.2) is 5.78 Å². The van der Waals surface area contributed by atoms with Crippen LogP contribution < -0.4 is 0 Å². The molecule has 1 aromatic rings. The Hall–Kier alpha value is -1.15. The first kappa shape index (κ1) is 12.9. The Bertz CT molecular complexity index is 306. The van der Waals surface area contributed by atoms with Crippen molar-refractivity contribution in [3.8, 4) is 0 Å². The summed E-state index contributed by atoms with van der Waals surface area (Å²) in [7, 11) is 0. The van der Waals surface area contributed by atoms with Crippen LogP contribution in [0.25, 0.3) is 0 Å². The average Bonchev–Trinajstić information content (AvgIpc) is 2.30. The van der Waals surface area contributed by atoms with Crippen molar-refractivity contribution in [2.75, 3.05) is 6.61 Å². The second-order valence-corrected chi connectivity index (χ2v) is 3.99. The third kappa shape index (κ3) is 4.58. The Kier molecular flexibility index (Phi) is 5.79. The second-order valence-electron chi connectivity index (χ2n) is 3.99. The summed E-state index contributed by atoms with van der Waals surface area (Å²) in [6.07, 6.45) is 2.39. The molecule has 1 unspecified atom stereocenters. The fourth-order valence-corrected chi connectivity index (χ4v) is 1.61. The Labute approximate surface area is 97.6 Å². The summed E-state index contributed by atoms with van der Waals surface area (Å²) in [5.74, 6) is 0.129. The molecule has 0 aliphatic heterocycles. The topological polar surface area (TPSA) is 26.3 Å². The molecule has 0 heterocycles. The highest BCUT2D eigenvalue weighted by molar-refractivity contribution is 5.80. The van der Waals surface area contributed by atoms with Gasteiger partial charge in [0.1, 0.15) is 6.10 Å². The molecule has 0 aliphatic rings. The molecular formula is C14H20O2. The highest BCUT2D eigenvalue weighted by Crippen LogP contribution is 2.08. The van der Waals surface area contributed by atoms with Gasteiger partial charge in [-0.1, -0.05) is 37.3 Å². The van der Waals surface area contributed by atoms with E-state index in [0.717, 1.165) is 19.3 Å². The molecule has 0 aromatic heterocycles. The minimum atomic E-state index is -0.236. The average molecular weight is 220 g/mol. The smallest absolute Gasteiger partial charge is 0.158 e. The molecule has 88 valence electrons. The number of carbonyl (C=O) groups is 1. The number of hydrogen-bond donors (Lipinski definition) is 0. The van der Waals surface area contributed by atoms with E-state index in [1.807, 2.05) is 25.1 Å². The van der Waals surface area contributed by atoms with Crippen molar-refractivity contribution in [2.45, 2.75) is 39.2 Å². The van der Waals surface area contributed by atoms with Crippen molar-refractivity contribution >= 4 is 5.78 Å². The van der Waals surface area contributed by atoms with Gasteiger partial charge in [0, 0.05) is 6.61 Å². The Morgan fingerprint density at radius 1 is 1.31 bits per heavy atom. The number of ether oxygens (including phenoxy) is 1. The van der Waals surface area contributed by atoms with Gasteiger partial charge < -0.3 is 4.74 Å². The van der Waals surface area contributed by atoms with Crippen molar-refractivity contribution in [2.24, 2.45) is 0 Å². The van der Waals surface area contributed by atoms with Gasteiger partial charge in [-0.25, -0.2) is 0 Å². The first-order valence-electron chi connectivity index (χ1n) is 5.90. The highest BCUT2D eigenvalue weighted by Gasteiger charge is 2.13. The lowest BCUT2D eigenvalue weighted by Gasteiger charge is -2.14. The Morgan fingerprint density at radius 2 is 2.00 bits per heavy atom. The van der Waals surface area contributed by atoms with E-state index in [2.05, 4.69) is 12.1 Å². The molecular weight excluding hydrogens is 200 g/mol. The van der Waals surface area contributed by atoms with E-state index in [1.165, 1.54) is 5.56 Å². The molecule has 2 nitrogen and oxygen atoms in total. The lowest BCUT2D eigenvalue weighted by molar-refractivity contribution is -0.128. The van der Waals surface area contributed by atoms with Crippen LogP contribution in [0.3, 0.4) is 0 Å². The SMILES string of the molecule is CCCOC(CCc1ccccc1)C(C)=O. The molecule has 0 fully saturated rings. The summed E-state index contributed by atoms with van der Waals surface area (Å²) in [5.41, 5.74) is 1.26. The normalized spacial score (nSPS) is 12.4. The number of aryl methyl sites for hydroxylation is 1. The fraction of sp³-hybridized carbons (Fsp3) is 0.500. The minimum Gasteiger partial charge on any atom is -0.370 e. The van der Waals surface area contributed by atoms with E-state index in [-0.39, 0.29) is 11.9 Å². The van der Waals surface area contributed by atoms with Crippen LogP contribution in [0.2, 0.25) is 0 Å². The molecule has 0 amide bonds. The lowest BCUT2D eigenvalue weighted by Crippen LogP contribution is -2.23. The van der Waals surface area contributed by atoms with Gasteiger partial charge in [0.2, 0.25) is 0 Å². The second kappa shape index (κ2) is 7.18. The highest BCUT2D eigenvalue weighted by atomic mass is 16.5. The lowest BCUT2D eigenvalue weighted by atomic mass is 10.0. The molecule has 1 atom stereocenters. The van der Waals surface area contributed by atoms with Crippen molar-refractivity contribution < 1.29 is 9.53 Å². The standard InChI is InChI=1S/C14H20O2/c1-3-11-16-14(12(2)15)10-9-13-7-5-4-6-8-13/h4-8,14H,3,9-11H2,1-2H3. The molecule has 1 rings (SSSR count). The van der Waals surface area contributed by atoms with E-state index in [1.54, 1.807) is 6.92 Å².